The van der Waals surface area contributed by atoms with Crippen molar-refractivity contribution >= 4 is 17.9 Å². The summed E-state index contributed by atoms with van der Waals surface area (Å²) in [5, 5.41) is 2.99. The number of nitrogens with zero attached hydrogens (tertiary/aromatic N) is 1. The van der Waals surface area contributed by atoms with Crippen molar-refractivity contribution in [1.29, 1.82) is 0 Å². The molecule has 0 unspecified atom stereocenters. The summed E-state index contributed by atoms with van der Waals surface area (Å²) in [6, 6.07) is 13.9. The Bertz CT molecular complexity index is 924. The van der Waals surface area contributed by atoms with Crippen LogP contribution in [0.2, 0.25) is 0 Å². The molecule has 1 aliphatic rings. The zero-order valence-corrected chi connectivity index (χ0v) is 17.7. The Labute approximate surface area is 177 Å². The van der Waals surface area contributed by atoms with Crippen molar-refractivity contribution < 1.29 is 19.1 Å². The normalized spacial score (nSPS) is 14.0. The number of nitrogens with one attached hydrogen (secondary N) is 1. The van der Waals surface area contributed by atoms with Gasteiger partial charge in [0.15, 0.2) is 11.5 Å². The molecule has 6 heteroatoms. The second-order valence-electron chi connectivity index (χ2n) is 7.41. The summed E-state index contributed by atoms with van der Waals surface area (Å²) in [4.78, 5) is 26.6. The number of fused-ring (bicyclic) bond motifs is 1. The van der Waals surface area contributed by atoms with Crippen LogP contribution in [0.5, 0.6) is 11.5 Å². The highest BCUT2D eigenvalue weighted by Gasteiger charge is 2.21. The number of aryl methyl sites for hydroxylation is 1. The van der Waals surface area contributed by atoms with E-state index in [4.69, 9.17) is 9.47 Å². The Morgan fingerprint density at radius 2 is 1.83 bits per heavy atom. The van der Waals surface area contributed by atoms with Crippen LogP contribution in [-0.2, 0) is 22.4 Å². The molecule has 1 N–H and O–H groups in total. The maximum Gasteiger partial charge on any atom is 0.240 e. The highest BCUT2D eigenvalue weighted by Crippen LogP contribution is 2.32. The molecule has 0 radical (unpaired) electrons. The number of carbonyl (C=O) groups excluding carboxylic acids is 2. The van der Waals surface area contributed by atoms with Gasteiger partial charge in [-0.15, -0.1) is 0 Å². The standard InChI is InChI=1S/C24H28N2O4/c1-17(9-10-18-7-5-4-6-8-18)25-23(27)16-26-12-11-19-13-21(29-2)22(30-3)14-20(19)15-24(26)28/h4-8,11-14,17H,9-10,15-16H2,1-3H3,(H,25,27)/t17-/m0/s1. The molecule has 0 bridgehead atoms. The van der Waals surface area contributed by atoms with Crippen molar-refractivity contribution in [3.05, 3.63) is 65.4 Å². The highest BCUT2D eigenvalue weighted by atomic mass is 16.5. The molecule has 1 atom stereocenters. The number of benzene rings is 2. The van der Waals surface area contributed by atoms with Gasteiger partial charge in [0.1, 0.15) is 6.54 Å². The summed E-state index contributed by atoms with van der Waals surface area (Å²) in [7, 11) is 3.14. The van der Waals surface area contributed by atoms with Gasteiger partial charge in [0, 0.05) is 12.2 Å². The first kappa shape index (κ1) is 21.4. The Kier molecular flexibility index (Phi) is 7.12. The SMILES string of the molecule is COc1cc2c(cc1OC)CC(=O)N(CC(=O)N[C@@H](C)CCc1ccccc1)C=C2. The second-order valence-corrected chi connectivity index (χ2v) is 7.41. The van der Waals surface area contributed by atoms with Gasteiger partial charge in [0.25, 0.3) is 0 Å². The highest BCUT2D eigenvalue weighted by molar-refractivity contribution is 5.89. The summed E-state index contributed by atoms with van der Waals surface area (Å²) >= 11 is 0. The molecule has 2 aromatic rings. The molecule has 2 amide bonds. The third kappa shape index (κ3) is 5.41. The van der Waals surface area contributed by atoms with E-state index in [1.807, 2.05) is 43.3 Å². The number of hydrogen-bond donors (Lipinski definition) is 1. The summed E-state index contributed by atoms with van der Waals surface area (Å²) in [5.41, 5.74) is 2.96. The van der Waals surface area contributed by atoms with Crippen molar-refractivity contribution in [2.45, 2.75) is 32.2 Å². The van der Waals surface area contributed by atoms with E-state index in [1.54, 1.807) is 20.4 Å². The minimum atomic E-state index is -0.172. The summed E-state index contributed by atoms with van der Waals surface area (Å²) < 4.78 is 10.7. The number of carbonyl (C=O) groups is 2. The Morgan fingerprint density at radius 3 is 2.53 bits per heavy atom. The predicted octanol–water partition coefficient (Wildman–Crippen LogP) is 3.20. The van der Waals surface area contributed by atoms with E-state index >= 15 is 0 Å². The first-order valence-corrected chi connectivity index (χ1v) is 10.1. The van der Waals surface area contributed by atoms with E-state index in [9.17, 15) is 9.59 Å². The first-order chi connectivity index (χ1) is 14.5. The monoisotopic (exact) mass is 408 g/mol. The van der Waals surface area contributed by atoms with Gasteiger partial charge in [-0.1, -0.05) is 30.3 Å². The molecule has 3 rings (SSSR count). The van der Waals surface area contributed by atoms with Crippen LogP contribution in [0, 0.1) is 0 Å². The van der Waals surface area contributed by atoms with Gasteiger partial charge in [-0.25, -0.2) is 0 Å². The fourth-order valence-electron chi connectivity index (χ4n) is 3.48. The van der Waals surface area contributed by atoms with Gasteiger partial charge in [0.05, 0.1) is 20.6 Å². The van der Waals surface area contributed by atoms with E-state index in [0.29, 0.717) is 11.5 Å². The molecule has 6 nitrogen and oxygen atoms in total. The molecule has 1 aliphatic heterocycles. The van der Waals surface area contributed by atoms with Crippen molar-refractivity contribution in [2.75, 3.05) is 20.8 Å². The molecule has 2 aromatic carbocycles. The van der Waals surface area contributed by atoms with Gasteiger partial charge < -0.3 is 19.7 Å². The lowest BCUT2D eigenvalue weighted by Gasteiger charge is -2.19. The van der Waals surface area contributed by atoms with Gasteiger partial charge in [-0.2, -0.15) is 0 Å². The molecule has 1 heterocycles. The van der Waals surface area contributed by atoms with Crippen LogP contribution in [0.3, 0.4) is 0 Å². The van der Waals surface area contributed by atoms with Crippen molar-refractivity contribution in [3.8, 4) is 11.5 Å². The third-order valence-electron chi connectivity index (χ3n) is 5.17. The largest absolute Gasteiger partial charge is 0.493 e. The van der Waals surface area contributed by atoms with Crippen LogP contribution in [-0.4, -0.2) is 43.5 Å². The van der Waals surface area contributed by atoms with Crippen LogP contribution in [0.15, 0.2) is 48.7 Å². The van der Waals surface area contributed by atoms with E-state index in [1.165, 1.54) is 10.5 Å². The molecule has 0 aliphatic carbocycles. The molecule has 0 saturated carbocycles. The maximum absolute atomic E-state index is 12.7. The minimum absolute atomic E-state index is 0.00668. The van der Waals surface area contributed by atoms with E-state index < -0.39 is 0 Å². The topological polar surface area (TPSA) is 67.9 Å². The number of hydrogen-bond acceptors (Lipinski definition) is 4. The lowest BCUT2D eigenvalue weighted by atomic mass is 10.0. The smallest absolute Gasteiger partial charge is 0.240 e. The fourth-order valence-corrected chi connectivity index (χ4v) is 3.48. The van der Waals surface area contributed by atoms with E-state index in [2.05, 4.69) is 17.4 Å². The molecule has 0 saturated heterocycles. The molecular formula is C24H28N2O4. The van der Waals surface area contributed by atoms with Crippen LogP contribution in [0.25, 0.3) is 6.08 Å². The summed E-state index contributed by atoms with van der Waals surface area (Å²) in [6.45, 7) is 1.97. The molecule has 0 spiro atoms. The Hall–Kier alpha value is -3.28. The predicted molar refractivity (Wildman–Crippen MR) is 116 cm³/mol. The summed E-state index contributed by atoms with van der Waals surface area (Å²) in [5.74, 6) is 0.877. The number of rotatable bonds is 8. The average Bonchev–Trinajstić information content (AvgIpc) is 2.90. The maximum atomic E-state index is 12.7. The quantitative estimate of drug-likeness (QED) is 0.728. The van der Waals surface area contributed by atoms with Crippen LogP contribution in [0.1, 0.15) is 30.0 Å². The van der Waals surface area contributed by atoms with Crippen molar-refractivity contribution in [2.24, 2.45) is 0 Å². The Morgan fingerprint density at radius 1 is 1.13 bits per heavy atom. The zero-order chi connectivity index (χ0) is 21.5. The lowest BCUT2D eigenvalue weighted by molar-refractivity contribution is -0.133. The van der Waals surface area contributed by atoms with Gasteiger partial charge in [0.2, 0.25) is 11.8 Å². The van der Waals surface area contributed by atoms with Crippen molar-refractivity contribution in [1.82, 2.24) is 10.2 Å². The number of ether oxygens (including phenoxy) is 2. The van der Waals surface area contributed by atoms with Crippen LogP contribution >= 0.6 is 0 Å². The fraction of sp³-hybridized carbons (Fsp3) is 0.333. The lowest BCUT2D eigenvalue weighted by Crippen LogP contribution is -2.41. The van der Waals surface area contributed by atoms with Crippen LogP contribution in [0.4, 0.5) is 0 Å². The van der Waals surface area contributed by atoms with Gasteiger partial charge in [-0.3, -0.25) is 9.59 Å². The molecule has 30 heavy (non-hydrogen) atoms. The number of amides is 2. The first-order valence-electron chi connectivity index (χ1n) is 10.1. The minimum Gasteiger partial charge on any atom is -0.493 e. The van der Waals surface area contributed by atoms with Gasteiger partial charge >= 0.3 is 0 Å². The molecule has 158 valence electrons. The average molecular weight is 408 g/mol. The zero-order valence-electron chi connectivity index (χ0n) is 17.7. The Balaban J connectivity index is 1.58. The molecule has 0 fully saturated rings. The molecular weight excluding hydrogens is 380 g/mol. The molecule has 0 aromatic heterocycles. The third-order valence-corrected chi connectivity index (χ3v) is 5.17. The van der Waals surface area contributed by atoms with Crippen LogP contribution < -0.4 is 14.8 Å². The van der Waals surface area contributed by atoms with Crippen molar-refractivity contribution in [3.63, 3.8) is 0 Å². The van der Waals surface area contributed by atoms with Gasteiger partial charge in [-0.05, 0) is 54.7 Å². The summed E-state index contributed by atoms with van der Waals surface area (Å²) in [6.07, 6.45) is 5.41. The van der Waals surface area contributed by atoms with E-state index in [-0.39, 0.29) is 30.8 Å². The second kappa shape index (κ2) is 9.96. The van der Waals surface area contributed by atoms with E-state index in [0.717, 1.165) is 24.0 Å². The number of methoxy groups -OCH3 is 2.